The van der Waals surface area contributed by atoms with Crippen molar-refractivity contribution in [2.75, 3.05) is 0 Å². The maximum atomic E-state index is 12.0. The molecule has 2 heterocycles. The van der Waals surface area contributed by atoms with Gasteiger partial charge in [0.25, 0.3) is 5.91 Å². The highest BCUT2D eigenvalue weighted by atomic mass is 32.1. The molecule has 2 aromatic rings. The Morgan fingerprint density at radius 1 is 1.59 bits per heavy atom. The standard InChI is InChI=1S/C11H14N4OS/c1-3-8(10-12-4-5-13-10)15-11(16)9-7(2)14-6-17-9/h4-6,8H,3H2,1-2H3,(H,12,13)(H,15,16). The molecule has 0 aliphatic heterocycles. The highest BCUT2D eigenvalue weighted by Crippen LogP contribution is 2.16. The van der Waals surface area contributed by atoms with Crippen molar-refractivity contribution in [3.63, 3.8) is 0 Å². The van der Waals surface area contributed by atoms with Crippen molar-refractivity contribution in [2.45, 2.75) is 26.3 Å². The molecule has 0 aromatic carbocycles. The zero-order valence-electron chi connectivity index (χ0n) is 9.73. The number of aromatic nitrogens is 3. The van der Waals surface area contributed by atoms with Crippen molar-refractivity contribution in [3.05, 3.63) is 34.3 Å². The van der Waals surface area contributed by atoms with E-state index in [-0.39, 0.29) is 11.9 Å². The van der Waals surface area contributed by atoms with Crippen LogP contribution in [0, 0.1) is 6.92 Å². The van der Waals surface area contributed by atoms with Gasteiger partial charge in [-0.2, -0.15) is 0 Å². The van der Waals surface area contributed by atoms with Crippen LogP contribution in [0.5, 0.6) is 0 Å². The summed E-state index contributed by atoms with van der Waals surface area (Å²) in [5.74, 6) is 0.691. The maximum absolute atomic E-state index is 12.0. The van der Waals surface area contributed by atoms with E-state index in [1.54, 1.807) is 17.9 Å². The fourth-order valence-electron chi connectivity index (χ4n) is 1.58. The van der Waals surface area contributed by atoms with Gasteiger partial charge < -0.3 is 10.3 Å². The van der Waals surface area contributed by atoms with Crippen molar-refractivity contribution in [1.82, 2.24) is 20.3 Å². The van der Waals surface area contributed by atoms with E-state index < -0.39 is 0 Å². The van der Waals surface area contributed by atoms with Crippen LogP contribution in [0.2, 0.25) is 0 Å². The average Bonchev–Trinajstić information content (AvgIpc) is 2.96. The second-order valence-corrected chi connectivity index (χ2v) is 4.53. The van der Waals surface area contributed by atoms with Crippen LogP contribution in [-0.2, 0) is 0 Å². The maximum Gasteiger partial charge on any atom is 0.263 e. The van der Waals surface area contributed by atoms with Crippen LogP contribution in [0.3, 0.4) is 0 Å². The zero-order valence-corrected chi connectivity index (χ0v) is 10.5. The molecule has 1 unspecified atom stereocenters. The van der Waals surface area contributed by atoms with Gasteiger partial charge in [0.2, 0.25) is 0 Å². The molecule has 1 amide bonds. The van der Waals surface area contributed by atoms with Crippen molar-refractivity contribution >= 4 is 17.2 Å². The summed E-state index contributed by atoms with van der Waals surface area (Å²) >= 11 is 1.35. The van der Waals surface area contributed by atoms with Crippen LogP contribution >= 0.6 is 11.3 Å². The van der Waals surface area contributed by atoms with Crippen LogP contribution in [0.1, 0.15) is 40.6 Å². The van der Waals surface area contributed by atoms with Crippen LogP contribution in [0.25, 0.3) is 0 Å². The fraction of sp³-hybridized carbons (Fsp3) is 0.364. The number of thiazole rings is 1. The van der Waals surface area contributed by atoms with Gasteiger partial charge in [-0.1, -0.05) is 6.92 Å². The molecule has 0 bridgehead atoms. The van der Waals surface area contributed by atoms with Gasteiger partial charge in [-0.15, -0.1) is 11.3 Å². The summed E-state index contributed by atoms with van der Waals surface area (Å²) in [7, 11) is 0. The van der Waals surface area contributed by atoms with E-state index in [0.29, 0.717) is 4.88 Å². The number of hydrogen-bond donors (Lipinski definition) is 2. The van der Waals surface area contributed by atoms with E-state index in [9.17, 15) is 4.79 Å². The summed E-state index contributed by atoms with van der Waals surface area (Å²) in [4.78, 5) is 23.9. The van der Waals surface area contributed by atoms with E-state index in [1.807, 2.05) is 13.8 Å². The Labute approximate surface area is 103 Å². The van der Waals surface area contributed by atoms with Crippen molar-refractivity contribution < 1.29 is 4.79 Å². The van der Waals surface area contributed by atoms with Gasteiger partial charge >= 0.3 is 0 Å². The first-order chi connectivity index (χ1) is 8.22. The molecule has 2 rings (SSSR count). The lowest BCUT2D eigenvalue weighted by Gasteiger charge is -2.13. The lowest BCUT2D eigenvalue weighted by molar-refractivity contribution is 0.0937. The number of carbonyl (C=O) groups is 1. The topological polar surface area (TPSA) is 70.7 Å². The molecule has 17 heavy (non-hydrogen) atoms. The van der Waals surface area contributed by atoms with Gasteiger partial charge in [-0.3, -0.25) is 4.79 Å². The van der Waals surface area contributed by atoms with Crippen molar-refractivity contribution in [3.8, 4) is 0 Å². The van der Waals surface area contributed by atoms with Crippen LogP contribution in [0.15, 0.2) is 17.9 Å². The number of imidazole rings is 1. The molecule has 0 spiro atoms. The number of H-pyrrole nitrogens is 1. The SMILES string of the molecule is CCC(NC(=O)c1scnc1C)c1ncc[nH]1. The summed E-state index contributed by atoms with van der Waals surface area (Å²) in [6.07, 6.45) is 4.22. The van der Waals surface area contributed by atoms with E-state index >= 15 is 0 Å². The van der Waals surface area contributed by atoms with Crippen LogP contribution in [0.4, 0.5) is 0 Å². The van der Waals surface area contributed by atoms with Crippen molar-refractivity contribution in [1.29, 1.82) is 0 Å². The third-order valence-corrected chi connectivity index (χ3v) is 3.44. The number of nitrogens with one attached hydrogen (secondary N) is 2. The fourth-order valence-corrected chi connectivity index (χ4v) is 2.28. The Bertz CT molecular complexity index is 491. The second kappa shape index (κ2) is 5.09. The summed E-state index contributed by atoms with van der Waals surface area (Å²) in [5.41, 5.74) is 2.44. The van der Waals surface area contributed by atoms with E-state index in [1.165, 1.54) is 11.3 Å². The Morgan fingerprint density at radius 3 is 2.94 bits per heavy atom. The van der Waals surface area contributed by atoms with Crippen molar-refractivity contribution in [2.24, 2.45) is 0 Å². The molecule has 2 aromatic heterocycles. The van der Waals surface area contributed by atoms with Gasteiger partial charge in [-0.25, -0.2) is 9.97 Å². The van der Waals surface area contributed by atoms with Gasteiger partial charge in [-0.05, 0) is 13.3 Å². The number of nitrogens with zero attached hydrogens (tertiary/aromatic N) is 2. The summed E-state index contributed by atoms with van der Waals surface area (Å²) < 4.78 is 0. The van der Waals surface area contributed by atoms with E-state index in [0.717, 1.165) is 17.9 Å². The number of aromatic amines is 1. The van der Waals surface area contributed by atoms with Gasteiger partial charge in [0, 0.05) is 12.4 Å². The first-order valence-electron chi connectivity index (χ1n) is 5.42. The van der Waals surface area contributed by atoms with Gasteiger partial charge in [0.05, 0.1) is 17.2 Å². The summed E-state index contributed by atoms with van der Waals surface area (Å²) in [5, 5.41) is 2.95. The minimum Gasteiger partial charge on any atom is -0.347 e. The minimum absolute atomic E-state index is 0.0843. The monoisotopic (exact) mass is 250 g/mol. The smallest absolute Gasteiger partial charge is 0.263 e. The van der Waals surface area contributed by atoms with E-state index in [4.69, 9.17) is 0 Å². The number of hydrogen-bond acceptors (Lipinski definition) is 4. The van der Waals surface area contributed by atoms with Gasteiger partial charge in [0.15, 0.2) is 0 Å². The molecule has 0 aliphatic carbocycles. The lowest BCUT2D eigenvalue weighted by atomic mass is 10.2. The Morgan fingerprint density at radius 2 is 2.41 bits per heavy atom. The Balaban J connectivity index is 2.10. The average molecular weight is 250 g/mol. The summed E-state index contributed by atoms with van der Waals surface area (Å²) in [6, 6.07) is -0.0843. The molecule has 1 atom stereocenters. The Hall–Kier alpha value is -1.69. The molecule has 0 saturated carbocycles. The molecule has 6 heteroatoms. The molecule has 0 aliphatic rings. The molecular formula is C11H14N4OS. The number of carbonyl (C=O) groups excluding carboxylic acids is 1. The first kappa shape index (κ1) is 11.8. The van der Waals surface area contributed by atoms with Gasteiger partial charge in [0.1, 0.15) is 10.7 Å². The normalized spacial score (nSPS) is 12.4. The molecule has 0 fully saturated rings. The number of amides is 1. The second-order valence-electron chi connectivity index (χ2n) is 3.68. The largest absolute Gasteiger partial charge is 0.347 e. The third kappa shape index (κ3) is 2.52. The number of aryl methyl sites for hydroxylation is 1. The predicted octanol–water partition coefficient (Wildman–Crippen LogP) is 2.06. The highest BCUT2D eigenvalue weighted by Gasteiger charge is 2.18. The van der Waals surface area contributed by atoms with E-state index in [2.05, 4.69) is 20.3 Å². The molecular weight excluding hydrogens is 236 g/mol. The predicted molar refractivity (Wildman–Crippen MR) is 65.9 cm³/mol. The minimum atomic E-state index is -0.0896. The molecule has 0 radical (unpaired) electrons. The molecule has 2 N–H and O–H groups in total. The number of rotatable bonds is 4. The lowest BCUT2D eigenvalue weighted by Crippen LogP contribution is -2.28. The highest BCUT2D eigenvalue weighted by molar-refractivity contribution is 7.11. The molecule has 0 saturated heterocycles. The third-order valence-electron chi connectivity index (χ3n) is 2.51. The Kier molecular flexibility index (Phi) is 3.53. The first-order valence-corrected chi connectivity index (χ1v) is 6.30. The molecule has 90 valence electrons. The molecule has 5 nitrogen and oxygen atoms in total. The summed E-state index contributed by atoms with van der Waals surface area (Å²) in [6.45, 7) is 3.84. The van der Waals surface area contributed by atoms with Crippen LogP contribution < -0.4 is 5.32 Å². The quantitative estimate of drug-likeness (QED) is 0.872. The van der Waals surface area contributed by atoms with Crippen LogP contribution in [-0.4, -0.2) is 20.9 Å². The zero-order chi connectivity index (χ0) is 12.3.